The van der Waals surface area contributed by atoms with Gasteiger partial charge in [-0.05, 0) is 74.5 Å². The van der Waals surface area contributed by atoms with Gasteiger partial charge < -0.3 is 0 Å². The van der Waals surface area contributed by atoms with Crippen molar-refractivity contribution in [3.8, 4) is 0 Å². The second-order valence-electron chi connectivity index (χ2n) is 7.30. The molecule has 0 aromatic rings. The third kappa shape index (κ3) is 2.67. The van der Waals surface area contributed by atoms with E-state index in [0.29, 0.717) is 0 Å². The molecule has 0 radical (unpaired) electrons. The van der Waals surface area contributed by atoms with Crippen molar-refractivity contribution in [3.05, 3.63) is 0 Å². The predicted octanol–water partition coefficient (Wildman–Crippen LogP) is 5.79. The number of fused-ring (bicyclic) bond motifs is 3. The van der Waals surface area contributed by atoms with Gasteiger partial charge in [0.2, 0.25) is 0 Å². The van der Waals surface area contributed by atoms with Crippen LogP contribution in [0.4, 0.5) is 0 Å². The van der Waals surface area contributed by atoms with Crippen LogP contribution in [0.3, 0.4) is 0 Å². The molecule has 0 saturated heterocycles. The summed E-state index contributed by atoms with van der Waals surface area (Å²) in [5.74, 6) is 5.51. The molecular formula is C17H29Br. The van der Waals surface area contributed by atoms with Crippen LogP contribution in [-0.2, 0) is 0 Å². The maximum absolute atomic E-state index is 3.87. The molecule has 6 atom stereocenters. The van der Waals surface area contributed by atoms with Gasteiger partial charge in [-0.15, -0.1) is 0 Å². The summed E-state index contributed by atoms with van der Waals surface area (Å²) < 4.78 is 0. The Hall–Kier alpha value is 0.480. The van der Waals surface area contributed by atoms with E-state index >= 15 is 0 Å². The summed E-state index contributed by atoms with van der Waals surface area (Å²) in [6.45, 7) is 2.36. The summed E-state index contributed by atoms with van der Waals surface area (Å²) in [6, 6.07) is 0. The number of hydrogen-bond donors (Lipinski definition) is 0. The molecule has 0 nitrogen and oxygen atoms in total. The van der Waals surface area contributed by atoms with Gasteiger partial charge in [-0.1, -0.05) is 42.1 Å². The van der Waals surface area contributed by atoms with Crippen molar-refractivity contribution >= 4 is 15.9 Å². The van der Waals surface area contributed by atoms with Crippen LogP contribution in [0.5, 0.6) is 0 Å². The average molecular weight is 313 g/mol. The van der Waals surface area contributed by atoms with E-state index in [2.05, 4.69) is 22.9 Å². The standard InChI is InChI=1S/C17H29Br/c1-2-3-12-4-8-16-13(10-12)5-6-14-11-15(18)7-9-17(14)16/h12-17H,2-11H2,1H3. The summed E-state index contributed by atoms with van der Waals surface area (Å²) in [6.07, 6.45) is 15.2. The zero-order valence-electron chi connectivity index (χ0n) is 11.9. The van der Waals surface area contributed by atoms with Crippen LogP contribution in [-0.4, -0.2) is 4.83 Å². The van der Waals surface area contributed by atoms with Gasteiger partial charge in [0.25, 0.3) is 0 Å². The minimum Gasteiger partial charge on any atom is -0.0891 e. The normalized spacial score (nSPS) is 48.3. The van der Waals surface area contributed by atoms with Gasteiger partial charge in [-0.3, -0.25) is 0 Å². The number of alkyl halides is 1. The Labute approximate surface area is 121 Å². The molecule has 0 aromatic heterocycles. The highest BCUT2D eigenvalue weighted by Gasteiger charge is 2.43. The van der Waals surface area contributed by atoms with Gasteiger partial charge >= 0.3 is 0 Å². The first kappa shape index (κ1) is 13.5. The fourth-order valence-corrected chi connectivity index (χ4v) is 6.25. The Kier molecular flexibility index (Phi) is 4.38. The Bertz CT molecular complexity index is 275. The molecule has 0 aliphatic heterocycles. The molecule has 3 aliphatic carbocycles. The number of halogens is 1. The van der Waals surface area contributed by atoms with Gasteiger partial charge in [-0.2, -0.15) is 0 Å². The summed E-state index contributed by atoms with van der Waals surface area (Å²) in [7, 11) is 0. The topological polar surface area (TPSA) is 0 Å². The third-order valence-corrected chi connectivity index (χ3v) is 7.11. The molecule has 0 amide bonds. The summed E-state index contributed by atoms with van der Waals surface area (Å²) in [5, 5.41) is 0. The van der Waals surface area contributed by atoms with E-state index in [1.165, 1.54) is 32.1 Å². The van der Waals surface area contributed by atoms with Crippen molar-refractivity contribution in [2.45, 2.75) is 76.0 Å². The van der Waals surface area contributed by atoms with Crippen LogP contribution in [0.25, 0.3) is 0 Å². The van der Waals surface area contributed by atoms with Gasteiger partial charge in [0, 0.05) is 4.83 Å². The summed E-state index contributed by atoms with van der Waals surface area (Å²) in [4.78, 5) is 0.840. The van der Waals surface area contributed by atoms with Crippen molar-refractivity contribution in [1.29, 1.82) is 0 Å². The van der Waals surface area contributed by atoms with E-state index in [-0.39, 0.29) is 0 Å². The van der Waals surface area contributed by atoms with Crippen LogP contribution in [0.1, 0.15) is 71.1 Å². The van der Waals surface area contributed by atoms with Crippen molar-refractivity contribution in [2.75, 3.05) is 0 Å². The van der Waals surface area contributed by atoms with Crippen molar-refractivity contribution in [1.82, 2.24) is 0 Å². The quantitative estimate of drug-likeness (QED) is 0.566. The molecule has 0 N–H and O–H groups in total. The fraction of sp³-hybridized carbons (Fsp3) is 1.00. The molecule has 18 heavy (non-hydrogen) atoms. The van der Waals surface area contributed by atoms with Crippen molar-refractivity contribution < 1.29 is 0 Å². The first-order chi connectivity index (χ1) is 8.78. The maximum Gasteiger partial charge on any atom is 0.0148 e. The SMILES string of the molecule is CCCC1CCC2C(CCC3CC(Br)CCC32)C1. The first-order valence-electron chi connectivity index (χ1n) is 8.42. The van der Waals surface area contributed by atoms with E-state index in [1.807, 2.05) is 0 Å². The molecule has 3 rings (SSSR count). The van der Waals surface area contributed by atoms with Crippen LogP contribution < -0.4 is 0 Å². The zero-order chi connectivity index (χ0) is 12.5. The van der Waals surface area contributed by atoms with Crippen molar-refractivity contribution in [2.24, 2.45) is 29.6 Å². The highest BCUT2D eigenvalue weighted by atomic mass is 79.9. The molecule has 6 unspecified atom stereocenters. The first-order valence-corrected chi connectivity index (χ1v) is 9.33. The highest BCUT2D eigenvalue weighted by molar-refractivity contribution is 9.09. The van der Waals surface area contributed by atoms with E-state index in [9.17, 15) is 0 Å². The van der Waals surface area contributed by atoms with Gasteiger partial charge in [0.15, 0.2) is 0 Å². The van der Waals surface area contributed by atoms with Crippen LogP contribution in [0.15, 0.2) is 0 Å². The van der Waals surface area contributed by atoms with Gasteiger partial charge in [0.1, 0.15) is 0 Å². The largest absolute Gasteiger partial charge is 0.0891 e. The zero-order valence-corrected chi connectivity index (χ0v) is 13.5. The molecule has 104 valence electrons. The Morgan fingerprint density at radius 1 is 0.833 bits per heavy atom. The minimum atomic E-state index is 0.840. The molecule has 3 saturated carbocycles. The highest BCUT2D eigenvalue weighted by Crippen LogP contribution is 2.53. The Morgan fingerprint density at radius 3 is 2.22 bits per heavy atom. The monoisotopic (exact) mass is 312 g/mol. The van der Waals surface area contributed by atoms with Crippen LogP contribution in [0.2, 0.25) is 0 Å². The second-order valence-corrected chi connectivity index (χ2v) is 8.60. The molecule has 0 spiro atoms. The second kappa shape index (κ2) is 5.85. The van der Waals surface area contributed by atoms with E-state index in [1.54, 1.807) is 32.1 Å². The molecule has 0 heterocycles. The summed E-state index contributed by atoms with van der Waals surface area (Å²) >= 11 is 3.87. The van der Waals surface area contributed by atoms with Gasteiger partial charge in [-0.25, -0.2) is 0 Å². The number of hydrogen-bond acceptors (Lipinski definition) is 0. The maximum atomic E-state index is 3.87. The lowest BCUT2D eigenvalue weighted by atomic mass is 9.56. The Morgan fingerprint density at radius 2 is 1.50 bits per heavy atom. The molecular weight excluding hydrogens is 284 g/mol. The third-order valence-electron chi connectivity index (χ3n) is 6.28. The lowest BCUT2D eigenvalue weighted by Gasteiger charge is -2.50. The average Bonchev–Trinajstić information content (AvgIpc) is 2.38. The van der Waals surface area contributed by atoms with Gasteiger partial charge in [0.05, 0.1) is 0 Å². The molecule has 3 fully saturated rings. The lowest BCUT2D eigenvalue weighted by molar-refractivity contribution is 0.0122. The molecule has 0 bridgehead atoms. The minimum absolute atomic E-state index is 0.840. The van der Waals surface area contributed by atoms with E-state index < -0.39 is 0 Å². The lowest BCUT2D eigenvalue weighted by Crippen LogP contribution is -2.41. The van der Waals surface area contributed by atoms with E-state index in [0.717, 1.165) is 34.4 Å². The molecule has 3 aliphatic rings. The smallest absolute Gasteiger partial charge is 0.0148 e. The van der Waals surface area contributed by atoms with E-state index in [4.69, 9.17) is 0 Å². The molecule has 1 heteroatoms. The van der Waals surface area contributed by atoms with Crippen molar-refractivity contribution in [3.63, 3.8) is 0 Å². The molecule has 0 aromatic carbocycles. The summed E-state index contributed by atoms with van der Waals surface area (Å²) in [5.41, 5.74) is 0. The number of rotatable bonds is 2. The van der Waals surface area contributed by atoms with Crippen LogP contribution >= 0.6 is 15.9 Å². The predicted molar refractivity (Wildman–Crippen MR) is 82.0 cm³/mol. The fourth-order valence-electron chi connectivity index (χ4n) is 5.50. The Balaban J connectivity index is 1.63. The van der Waals surface area contributed by atoms with Crippen LogP contribution in [0, 0.1) is 29.6 Å².